The second-order valence-electron chi connectivity index (χ2n) is 3.70. The van der Waals surface area contributed by atoms with E-state index in [1.165, 1.54) is 20.0 Å². The lowest BCUT2D eigenvalue weighted by molar-refractivity contribution is -0.148. The van der Waals surface area contributed by atoms with E-state index in [1.54, 1.807) is 0 Å². The molecule has 2 N–H and O–H groups in total. The van der Waals surface area contributed by atoms with Gasteiger partial charge in [0.15, 0.2) is 0 Å². The van der Waals surface area contributed by atoms with Gasteiger partial charge in [-0.1, -0.05) is 4.49 Å². The van der Waals surface area contributed by atoms with E-state index in [1.807, 2.05) is 0 Å². The van der Waals surface area contributed by atoms with E-state index in [4.69, 9.17) is 5.11 Å². The van der Waals surface area contributed by atoms with E-state index in [9.17, 15) is 9.59 Å². The summed E-state index contributed by atoms with van der Waals surface area (Å²) < 4.78 is 3.57. The van der Waals surface area contributed by atoms with Crippen molar-refractivity contribution in [2.45, 2.75) is 20.3 Å². The van der Waals surface area contributed by atoms with Crippen LogP contribution in [0.4, 0.5) is 5.00 Å². The molecule has 1 aromatic heterocycles. The number of carboxylic acid groups (broad SMARTS) is 1. The maximum absolute atomic E-state index is 11.4. The maximum atomic E-state index is 11.4. The van der Waals surface area contributed by atoms with E-state index in [-0.39, 0.29) is 12.3 Å². The van der Waals surface area contributed by atoms with Crippen molar-refractivity contribution < 1.29 is 14.7 Å². The molecule has 0 aliphatic rings. The first-order valence-corrected chi connectivity index (χ1v) is 5.00. The van der Waals surface area contributed by atoms with Crippen molar-refractivity contribution >= 4 is 28.4 Å². The zero-order chi connectivity index (χ0) is 11.5. The average molecular weight is 229 g/mol. The zero-order valence-electron chi connectivity index (χ0n) is 8.35. The van der Waals surface area contributed by atoms with Gasteiger partial charge in [0.2, 0.25) is 5.91 Å². The van der Waals surface area contributed by atoms with Crippen LogP contribution in [-0.2, 0) is 9.59 Å². The molecule has 0 saturated carbocycles. The van der Waals surface area contributed by atoms with Crippen LogP contribution in [0.5, 0.6) is 0 Å². The summed E-state index contributed by atoms with van der Waals surface area (Å²) in [6.45, 7) is 3.00. The van der Waals surface area contributed by atoms with Crippen molar-refractivity contribution in [1.29, 1.82) is 0 Å². The zero-order valence-corrected chi connectivity index (χ0v) is 9.17. The monoisotopic (exact) mass is 229 g/mol. The van der Waals surface area contributed by atoms with E-state index in [2.05, 4.69) is 14.9 Å². The van der Waals surface area contributed by atoms with Crippen molar-refractivity contribution in [2.75, 3.05) is 5.32 Å². The molecule has 0 aromatic carbocycles. The van der Waals surface area contributed by atoms with Crippen molar-refractivity contribution in [3.63, 3.8) is 0 Å². The Balaban J connectivity index is 2.53. The number of aromatic nitrogens is 2. The van der Waals surface area contributed by atoms with Crippen LogP contribution in [-0.4, -0.2) is 26.6 Å². The first-order valence-electron chi connectivity index (χ1n) is 4.22. The second-order valence-corrected chi connectivity index (χ2v) is 4.48. The lowest BCUT2D eigenvalue weighted by atomic mass is 9.89. The number of rotatable bonds is 4. The summed E-state index contributed by atoms with van der Waals surface area (Å²) in [7, 11) is 0. The third-order valence-corrected chi connectivity index (χ3v) is 2.39. The number of anilines is 1. The fourth-order valence-electron chi connectivity index (χ4n) is 0.881. The molecule has 0 atom stereocenters. The highest BCUT2D eigenvalue weighted by Crippen LogP contribution is 2.21. The van der Waals surface area contributed by atoms with Gasteiger partial charge in [0.25, 0.3) is 0 Å². The quantitative estimate of drug-likeness (QED) is 0.802. The Kier molecular flexibility index (Phi) is 3.35. The van der Waals surface area contributed by atoms with Crippen LogP contribution in [0.25, 0.3) is 0 Å². The minimum atomic E-state index is -1.07. The summed E-state index contributed by atoms with van der Waals surface area (Å²) in [5.41, 5.74) is -1.07. The summed E-state index contributed by atoms with van der Waals surface area (Å²) >= 11 is 1.05. The molecule has 0 saturated heterocycles. The second kappa shape index (κ2) is 4.35. The minimum absolute atomic E-state index is 0.0831. The molecule has 82 valence electrons. The van der Waals surface area contributed by atoms with E-state index >= 15 is 0 Å². The molecule has 0 radical (unpaired) electrons. The highest BCUT2D eigenvalue weighted by molar-refractivity contribution is 7.10. The third kappa shape index (κ3) is 3.28. The number of carboxylic acids is 1. The van der Waals surface area contributed by atoms with Crippen LogP contribution in [0.15, 0.2) is 6.20 Å². The normalized spacial score (nSPS) is 11.1. The van der Waals surface area contributed by atoms with Crippen LogP contribution in [0.2, 0.25) is 0 Å². The van der Waals surface area contributed by atoms with Gasteiger partial charge in [0.05, 0.1) is 11.6 Å². The Bertz CT molecular complexity index is 361. The SMILES string of the molecule is CC(C)(CC(=O)Nc1cnns1)C(=O)O. The van der Waals surface area contributed by atoms with E-state index in [0.717, 1.165) is 11.5 Å². The summed E-state index contributed by atoms with van der Waals surface area (Å²) in [6.07, 6.45) is 1.33. The minimum Gasteiger partial charge on any atom is -0.481 e. The largest absolute Gasteiger partial charge is 0.481 e. The molecular formula is C8H11N3O3S. The molecule has 15 heavy (non-hydrogen) atoms. The van der Waals surface area contributed by atoms with Gasteiger partial charge in [-0.05, 0) is 13.8 Å². The standard InChI is InChI=1S/C8H11N3O3S/c1-8(2,7(13)14)3-5(12)10-6-4-9-11-15-6/h4H,3H2,1-2H3,(H,10,12)(H,13,14). The molecule has 6 nitrogen and oxygen atoms in total. The Morgan fingerprint density at radius 2 is 2.27 bits per heavy atom. The van der Waals surface area contributed by atoms with Gasteiger partial charge in [-0.25, -0.2) is 0 Å². The molecule has 1 heterocycles. The molecule has 0 bridgehead atoms. The first kappa shape index (κ1) is 11.6. The maximum Gasteiger partial charge on any atom is 0.309 e. The van der Waals surface area contributed by atoms with Crippen LogP contribution in [0, 0.1) is 5.41 Å². The molecule has 0 unspecified atom stereocenters. The van der Waals surface area contributed by atoms with Crippen LogP contribution in [0.3, 0.4) is 0 Å². The smallest absolute Gasteiger partial charge is 0.309 e. The molecule has 0 aliphatic carbocycles. The first-order chi connectivity index (χ1) is 6.92. The molecule has 1 aromatic rings. The predicted molar refractivity (Wildman–Crippen MR) is 54.6 cm³/mol. The molecule has 0 spiro atoms. The highest BCUT2D eigenvalue weighted by atomic mass is 32.1. The van der Waals surface area contributed by atoms with Crippen LogP contribution in [0.1, 0.15) is 20.3 Å². The third-order valence-electron chi connectivity index (χ3n) is 1.81. The summed E-state index contributed by atoms with van der Waals surface area (Å²) in [5.74, 6) is -1.35. The Morgan fingerprint density at radius 1 is 1.60 bits per heavy atom. The molecule has 0 aliphatic heterocycles. The van der Waals surface area contributed by atoms with Gasteiger partial charge >= 0.3 is 5.97 Å². The lowest BCUT2D eigenvalue weighted by Crippen LogP contribution is -2.29. The number of carbonyl (C=O) groups is 2. The van der Waals surface area contributed by atoms with Gasteiger partial charge in [-0.3, -0.25) is 9.59 Å². The average Bonchev–Trinajstić information content (AvgIpc) is 2.54. The van der Waals surface area contributed by atoms with Gasteiger partial charge in [0.1, 0.15) is 5.00 Å². The Hall–Kier alpha value is -1.50. The summed E-state index contributed by atoms with van der Waals surface area (Å²) in [5, 5.41) is 15.4. The summed E-state index contributed by atoms with van der Waals surface area (Å²) in [6, 6.07) is 0. The van der Waals surface area contributed by atoms with Crippen LogP contribution < -0.4 is 5.32 Å². The Morgan fingerprint density at radius 3 is 2.73 bits per heavy atom. The van der Waals surface area contributed by atoms with Crippen molar-refractivity contribution in [3.05, 3.63) is 6.20 Å². The molecule has 1 rings (SSSR count). The van der Waals surface area contributed by atoms with E-state index in [0.29, 0.717) is 5.00 Å². The Labute approximate surface area is 90.5 Å². The number of carbonyl (C=O) groups excluding carboxylic acids is 1. The number of hydrogen-bond acceptors (Lipinski definition) is 5. The number of nitrogens with zero attached hydrogens (tertiary/aromatic N) is 2. The van der Waals surface area contributed by atoms with Crippen LogP contribution >= 0.6 is 11.5 Å². The summed E-state index contributed by atoms with van der Waals surface area (Å²) in [4.78, 5) is 22.2. The van der Waals surface area contributed by atoms with Gasteiger partial charge in [-0.15, -0.1) is 5.10 Å². The van der Waals surface area contributed by atoms with Gasteiger partial charge in [-0.2, -0.15) is 0 Å². The van der Waals surface area contributed by atoms with Crippen molar-refractivity contribution in [2.24, 2.45) is 5.41 Å². The van der Waals surface area contributed by atoms with Crippen molar-refractivity contribution in [3.8, 4) is 0 Å². The number of hydrogen-bond donors (Lipinski definition) is 2. The van der Waals surface area contributed by atoms with Gasteiger partial charge in [0, 0.05) is 18.0 Å². The number of aliphatic carboxylic acids is 1. The number of amides is 1. The fraction of sp³-hybridized carbons (Fsp3) is 0.500. The predicted octanol–water partition coefficient (Wildman–Crippen LogP) is 0.977. The molecule has 1 amide bonds. The topological polar surface area (TPSA) is 92.2 Å². The lowest BCUT2D eigenvalue weighted by Gasteiger charge is -2.17. The van der Waals surface area contributed by atoms with E-state index < -0.39 is 11.4 Å². The molecule has 0 fully saturated rings. The molecular weight excluding hydrogens is 218 g/mol. The molecule has 7 heteroatoms. The fourth-order valence-corrected chi connectivity index (χ4v) is 1.32. The highest BCUT2D eigenvalue weighted by Gasteiger charge is 2.30. The number of nitrogens with one attached hydrogen (secondary N) is 1. The van der Waals surface area contributed by atoms with Gasteiger partial charge < -0.3 is 10.4 Å². The van der Waals surface area contributed by atoms with Crippen molar-refractivity contribution in [1.82, 2.24) is 9.59 Å².